The van der Waals surface area contributed by atoms with Crippen molar-refractivity contribution in [2.75, 3.05) is 31.5 Å². The van der Waals surface area contributed by atoms with Crippen LogP contribution in [0.15, 0.2) is 17.1 Å². The molecule has 4 aliphatic heterocycles. The number of pyridine rings is 1. The molecule has 1 aromatic rings. The zero-order valence-corrected chi connectivity index (χ0v) is 13.0. The van der Waals surface area contributed by atoms with Crippen LogP contribution in [-0.4, -0.2) is 47.7 Å². The average Bonchev–Trinajstić information content (AvgIpc) is 2.87. The first kappa shape index (κ1) is 13.6. The minimum atomic E-state index is -0.144. The number of amidine groups is 1. The van der Waals surface area contributed by atoms with E-state index in [0.717, 1.165) is 13.1 Å². The maximum absolute atomic E-state index is 6.18. The number of hydrogen-bond acceptors (Lipinski definition) is 5. The summed E-state index contributed by atoms with van der Waals surface area (Å²) in [5, 5.41) is 3.81. The van der Waals surface area contributed by atoms with Gasteiger partial charge in [-0.15, -0.1) is 0 Å². The summed E-state index contributed by atoms with van der Waals surface area (Å²) >= 11 is 11.8. The van der Waals surface area contributed by atoms with Gasteiger partial charge >= 0.3 is 0 Å². The molecule has 5 rings (SSSR count). The molecule has 112 valence electrons. The molecule has 0 saturated carbocycles. The highest BCUT2D eigenvalue weighted by Gasteiger charge is 2.51. The smallest absolute Gasteiger partial charge is 0.291 e. The van der Waals surface area contributed by atoms with Gasteiger partial charge in [-0.3, -0.25) is 10.2 Å². The van der Waals surface area contributed by atoms with Crippen molar-refractivity contribution in [1.82, 2.24) is 9.88 Å². The lowest BCUT2D eigenvalue weighted by atomic mass is 9.75. The minimum Gasteiger partial charge on any atom is -0.455 e. The van der Waals surface area contributed by atoms with Crippen molar-refractivity contribution in [3.63, 3.8) is 0 Å². The van der Waals surface area contributed by atoms with Gasteiger partial charge in [0.05, 0.1) is 11.6 Å². The normalized spacial score (nSPS) is 33.9. The molecule has 4 aliphatic rings. The van der Waals surface area contributed by atoms with Gasteiger partial charge in [0, 0.05) is 12.5 Å². The van der Waals surface area contributed by atoms with Crippen LogP contribution in [0.25, 0.3) is 0 Å². The van der Waals surface area contributed by atoms with E-state index in [4.69, 9.17) is 27.9 Å². The molecule has 1 aromatic heterocycles. The third-order valence-corrected chi connectivity index (χ3v) is 5.34. The molecule has 0 amide bonds. The van der Waals surface area contributed by atoms with Crippen LogP contribution in [0.5, 0.6) is 0 Å². The fraction of sp³-hybridized carbons (Fsp3) is 0.571. The third-order valence-electron chi connectivity index (χ3n) is 4.65. The molecule has 0 aromatic carbocycles. The van der Waals surface area contributed by atoms with Crippen molar-refractivity contribution in [3.05, 3.63) is 22.3 Å². The zero-order chi connectivity index (χ0) is 14.4. The van der Waals surface area contributed by atoms with Crippen molar-refractivity contribution in [1.29, 1.82) is 0 Å². The van der Waals surface area contributed by atoms with Gasteiger partial charge in [-0.05, 0) is 38.1 Å². The van der Waals surface area contributed by atoms with Gasteiger partial charge in [-0.25, -0.2) is 9.98 Å². The summed E-state index contributed by atoms with van der Waals surface area (Å²) < 4.78 is 6.18. The number of rotatable bonds is 1. The molecule has 0 unspecified atom stereocenters. The van der Waals surface area contributed by atoms with Crippen molar-refractivity contribution in [2.45, 2.75) is 18.4 Å². The molecule has 7 heteroatoms. The van der Waals surface area contributed by atoms with Crippen LogP contribution < -0.4 is 5.32 Å². The van der Waals surface area contributed by atoms with Gasteiger partial charge < -0.3 is 4.74 Å². The average molecular weight is 327 g/mol. The minimum absolute atomic E-state index is 0.144. The van der Waals surface area contributed by atoms with Crippen LogP contribution in [0.1, 0.15) is 12.8 Å². The number of halogens is 2. The summed E-state index contributed by atoms with van der Waals surface area (Å²) in [6, 6.07) is 4.01. The van der Waals surface area contributed by atoms with E-state index >= 15 is 0 Å². The number of anilines is 1. The monoisotopic (exact) mass is 326 g/mol. The van der Waals surface area contributed by atoms with Crippen LogP contribution in [0.4, 0.5) is 5.82 Å². The molecule has 2 bridgehead atoms. The molecule has 1 N–H and O–H groups in total. The van der Waals surface area contributed by atoms with Gasteiger partial charge in [0.1, 0.15) is 16.6 Å². The predicted molar refractivity (Wildman–Crippen MR) is 83.2 cm³/mol. The number of aromatic nitrogens is 1. The van der Waals surface area contributed by atoms with E-state index in [1.807, 2.05) is 0 Å². The van der Waals surface area contributed by atoms with E-state index in [-0.39, 0.29) is 10.8 Å². The van der Waals surface area contributed by atoms with Crippen molar-refractivity contribution in [3.8, 4) is 0 Å². The van der Waals surface area contributed by atoms with E-state index < -0.39 is 0 Å². The summed E-state index contributed by atoms with van der Waals surface area (Å²) in [6.07, 6.45) is 2.40. The molecular formula is C14H16Cl2N4O. The Hall–Kier alpha value is -1.04. The second-order valence-corrected chi connectivity index (χ2v) is 6.70. The fourth-order valence-corrected chi connectivity index (χ4v) is 3.80. The third kappa shape index (κ3) is 2.37. The standard InChI is InChI=1S/C14H16Cl2N4O/c15-10-1-2-11(18-12(10)16)19-13-17-7-14(21-13)8-20-5-3-9(14)4-6-20/h1-2,9H,3-8H2,(H,17,18,19)/t14-/m0/s1. The van der Waals surface area contributed by atoms with E-state index in [0.29, 0.717) is 22.8 Å². The number of ether oxygens (including phenoxy) is 1. The fourth-order valence-electron chi connectivity index (χ4n) is 3.54. The van der Waals surface area contributed by atoms with Gasteiger partial charge in [-0.1, -0.05) is 23.2 Å². The highest BCUT2D eigenvalue weighted by molar-refractivity contribution is 6.41. The number of aliphatic imine (C=N–C) groups is 1. The molecule has 1 atom stereocenters. The first-order valence-corrected chi connectivity index (χ1v) is 7.95. The molecule has 0 radical (unpaired) electrons. The highest BCUT2D eigenvalue weighted by atomic mass is 35.5. The molecule has 5 heterocycles. The van der Waals surface area contributed by atoms with Crippen LogP contribution >= 0.6 is 23.2 Å². The van der Waals surface area contributed by atoms with Crippen LogP contribution in [0.3, 0.4) is 0 Å². The topological polar surface area (TPSA) is 49.8 Å². The Kier molecular flexibility index (Phi) is 3.24. The molecule has 3 saturated heterocycles. The number of fused-ring (bicyclic) bond motifs is 2. The summed E-state index contributed by atoms with van der Waals surface area (Å²) in [5.74, 6) is 1.20. The Morgan fingerprint density at radius 3 is 2.76 bits per heavy atom. The maximum atomic E-state index is 6.18. The Balaban J connectivity index is 1.47. The lowest BCUT2D eigenvalue weighted by Crippen LogP contribution is -2.61. The van der Waals surface area contributed by atoms with Crippen molar-refractivity contribution in [2.24, 2.45) is 10.9 Å². The molecular weight excluding hydrogens is 311 g/mol. The quantitative estimate of drug-likeness (QED) is 0.806. The molecule has 3 fully saturated rings. The first-order chi connectivity index (χ1) is 10.1. The number of nitrogens with zero attached hydrogens (tertiary/aromatic N) is 3. The molecule has 21 heavy (non-hydrogen) atoms. The maximum Gasteiger partial charge on any atom is 0.291 e. The second kappa shape index (κ2) is 5.00. The van der Waals surface area contributed by atoms with Gasteiger partial charge in [0.25, 0.3) is 6.02 Å². The van der Waals surface area contributed by atoms with Crippen molar-refractivity contribution >= 4 is 35.0 Å². The number of piperidine rings is 3. The van der Waals surface area contributed by atoms with E-state index in [2.05, 4.69) is 20.2 Å². The van der Waals surface area contributed by atoms with E-state index in [1.54, 1.807) is 12.1 Å². The molecule has 5 nitrogen and oxygen atoms in total. The van der Waals surface area contributed by atoms with Crippen LogP contribution in [0, 0.1) is 5.92 Å². The first-order valence-electron chi connectivity index (χ1n) is 7.19. The summed E-state index contributed by atoms with van der Waals surface area (Å²) in [6.45, 7) is 4.07. The van der Waals surface area contributed by atoms with E-state index in [1.165, 1.54) is 25.9 Å². The van der Waals surface area contributed by atoms with E-state index in [9.17, 15) is 0 Å². The van der Waals surface area contributed by atoms with Crippen LogP contribution in [-0.2, 0) is 4.74 Å². The summed E-state index contributed by atoms with van der Waals surface area (Å²) in [4.78, 5) is 11.2. The summed E-state index contributed by atoms with van der Waals surface area (Å²) in [7, 11) is 0. The lowest BCUT2D eigenvalue weighted by Gasteiger charge is -2.50. The zero-order valence-electron chi connectivity index (χ0n) is 11.5. The lowest BCUT2D eigenvalue weighted by molar-refractivity contribution is -0.0829. The Morgan fingerprint density at radius 1 is 1.29 bits per heavy atom. The Bertz CT molecular complexity index is 601. The number of nitrogens with one attached hydrogen (secondary N) is 1. The second-order valence-electron chi connectivity index (χ2n) is 5.93. The SMILES string of the molecule is Clc1ccc(NC2=NC[C@@]3(CN4CCC3CC4)O2)nc1Cl. The molecule has 0 aliphatic carbocycles. The summed E-state index contributed by atoms with van der Waals surface area (Å²) in [5.41, 5.74) is -0.144. The molecule has 1 spiro atoms. The predicted octanol–water partition coefficient (Wildman–Crippen LogP) is 2.65. The largest absolute Gasteiger partial charge is 0.455 e. The van der Waals surface area contributed by atoms with Gasteiger partial charge in [0.15, 0.2) is 0 Å². The van der Waals surface area contributed by atoms with Gasteiger partial charge in [-0.2, -0.15) is 0 Å². The van der Waals surface area contributed by atoms with Crippen LogP contribution in [0.2, 0.25) is 10.2 Å². The number of hydrogen-bond donors (Lipinski definition) is 1. The Labute approximate surface area is 133 Å². The van der Waals surface area contributed by atoms with Gasteiger partial charge in [0.2, 0.25) is 0 Å². The van der Waals surface area contributed by atoms with Crippen molar-refractivity contribution < 1.29 is 4.74 Å². The highest BCUT2D eigenvalue weighted by Crippen LogP contribution is 2.40. The Morgan fingerprint density at radius 2 is 2.10 bits per heavy atom.